The highest BCUT2D eigenvalue weighted by molar-refractivity contribution is 5.93. The maximum absolute atomic E-state index is 4.60. The largest absolute Gasteiger partial charge is 0.256 e. The predicted octanol–water partition coefficient (Wildman–Crippen LogP) is 13.0. The van der Waals surface area contributed by atoms with Crippen molar-refractivity contribution in [1.29, 1.82) is 0 Å². The van der Waals surface area contributed by atoms with Crippen LogP contribution in [0.25, 0.3) is 22.3 Å². The second-order valence-corrected chi connectivity index (χ2v) is 11.9. The minimum Gasteiger partial charge on any atom is -0.256 e. The van der Waals surface area contributed by atoms with Crippen LogP contribution in [0, 0.1) is 11.8 Å². The molecule has 3 aromatic rings. The van der Waals surface area contributed by atoms with Crippen LogP contribution in [0.2, 0.25) is 0 Å². The van der Waals surface area contributed by atoms with Gasteiger partial charge in [-0.2, -0.15) is 0 Å². The van der Waals surface area contributed by atoms with Gasteiger partial charge < -0.3 is 0 Å². The first kappa shape index (κ1) is 35.3. The molecule has 2 unspecified atom stereocenters. The molecular weight excluding hydrogens is 542 g/mol. The van der Waals surface area contributed by atoms with Crippen molar-refractivity contribution in [1.82, 2.24) is 4.98 Å². The molecule has 1 heterocycles. The van der Waals surface area contributed by atoms with E-state index in [0.717, 1.165) is 60.1 Å². The van der Waals surface area contributed by atoms with Crippen molar-refractivity contribution in [2.24, 2.45) is 11.8 Å². The Labute approximate surface area is 274 Å². The van der Waals surface area contributed by atoms with Crippen LogP contribution < -0.4 is 0 Å². The van der Waals surface area contributed by atoms with Gasteiger partial charge in [-0.15, -0.1) is 0 Å². The number of rotatable bonds is 16. The molecule has 0 saturated heterocycles. The minimum absolute atomic E-state index is 0.344. The van der Waals surface area contributed by atoms with Crippen molar-refractivity contribution in [3.05, 3.63) is 162 Å². The van der Waals surface area contributed by atoms with Gasteiger partial charge in [0.05, 0.1) is 5.69 Å². The fourth-order valence-electron chi connectivity index (χ4n) is 5.59. The van der Waals surface area contributed by atoms with Gasteiger partial charge in [-0.25, -0.2) is 0 Å². The van der Waals surface area contributed by atoms with Crippen molar-refractivity contribution in [3.8, 4) is 0 Å². The summed E-state index contributed by atoms with van der Waals surface area (Å²) < 4.78 is 0. The molecule has 0 fully saturated rings. The molecule has 0 aliphatic carbocycles. The number of aromatic nitrogens is 1. The number of nitrogens with zero attached hydrogens (tertiary/aromatic N) is 1. The molecule has 0 radical (unpaired) electrons. The molecule has 1 nitrogen and oxygen atoms in total. The van der Waals surface area contributed by atoms with Gasteiger partial charge in [0, 0.05) is 6.20 Å². The van der Waals surface area contributed by atoms with Crippen molar-refractivity contribution in [3.63, 3.8) is 0 Å². The summed E-state index contributed by atoms with van der Waals surface area (Å²) in [6.45, 7) is 22.6. The number of allylic oxidation sites excluding steroid dienone is 12. The van der Waals surface area contributed by atoms with Crippen LogP contribution in [0.3, 0.4) is 0 Å². The summed E-state index contributed by atoms with van der Waals surface area (Å²) in [7, 11) is 0. The maximum Gasteiger partial charge on any atom is 0.0696 e. The molecule has 3 rings (SSSR count). The quantitative estimate of drug-likeness (QED) is 0.119. The van der Waals surface area contributed by atoms with Crippen LogP contribution >= 0.6 is 0 Å². The van der Waals surface area contributed by atoms with Crippen LogP contribution in [0.5, 0.6) is 0 Å². The molecular formula is C44H53N. The maximum atomic E-state index is 4.60. The highest BCUT2D eigenvalue weighted by Crippen LogP contribution is 2.38. The first-order chi connectivity index (χ1) is 21.8. The highest BCUT2D eigenvalue weighted by atomic mass is 14.7. The third-order valence-electron chi connectivity index (χ3n) is 8.49. The molecule has 1 heteroatoms. The lowest BCUT2D eigenvalue weighted by Gasteiger charge is -2.22. The van der Waals surface area contributed by atoms with Gasteiger partial charge in [0.1, 0.15) is 0 Å². The zero-order valence-electron chi connectivity index (χ0n) is 28.5. The lowest BCUT2D eigenvalue weighted by Crippen LogP contribution is -2.03. The van der Waals surface area contributed by atoms with Gasteiger partial charge in [0.25, 0.3) is 0 Å². The number of hydrogen-bond acceptors (Lipinski definition) is 1. The van der Waals surface area contributed by atoms with Crippen LogP contribution in [0.4, 0.5) is 0 Å². The molecule has 0 N–H and O–H groups in total. The standard InChI is InChI=1S/C44H53N/c1-9-13-14-16-23-35(7)42(33(5)11-3)32-40(30-36(8)43-28-19-20-29-45-43)38-26-21-27-39(31-38)44(34(6)12-4)41(22-10-2)37-24-17-15-18-25-37/h13-21,23-34H,7-12,22H2,1-6H3/b14-13-,23-16-,40-30+,42-32+,44-41-. The normalized spacial score (nSPS) is 14.4. The summed E-state index contributed by atoms with van der Waals surface area (Å²) in [4.78, 5) is 4.60. The lowest BCUT2D eigenvalue weighted by atomic mass is 9.82. The van der Waals surface area contributed by atoms with E-state index in [0.29, 0.717) is 11.8 Å². The van der Waals surface area contributed by atoms with E-state index in [-0.39, 0.29) is 0 Å². The van der Waals surface area contributed by atoms with Crippen LogP contribution in [-0.2, 0) is 0 Å². The molecule has 0 aliphatic heterocycles. The second-order valence-electron chi connectivity index (χ2n) is 11.9. The summed E-state index contributed by atoms with van der Waals surface area (Å²) >= 11 is 0. The average molecular weight is 596 g/mol. The summed E-state index contributed by atoms with van der Waals surface area (Å²) in [6, 6.07) is 26.0. The molecule has 2 aromatic carbocycles. The van der Waals surface area contributed by atoms with E-state index in [2.05, 4.69) is 151 Å². The van der Waals surface area contributed by atoms with Gasteiger partial charge in [-0.3, -0.25) is 4.98 Å². The first-order valence-electron chi connectivity index (χ1n) is 16.8. The third kappa shape index (κ3) is 10.1. The van der Waals surface area contributed by atoms with Gasteiger partial charge in [0.2, 0.25) is 0 Å². The number of benzene rings is 2. The molecule has 2 atom stereocenters. The Morgan fingerprint density at radius 2 is 1.44 bits per heavy atom. The molecule has 45 heavy (non-hydrogen) atoms. The van der Waals surface area contributed by atoms with Crippen LogP contribution in [0.15, 0.2) is 140 Å². The van der Waals surface area contributed by atoms with Gasteiger partial charge in [-0.1, -0.05) is 146 Å². The van der Waals surface area contributed by atoms with Gasteiger partial charge in [0.15, 0.2) is 0 Å². The summed E-state index contributed by atoms with van der Waals surface area (Å²) in [5.41, 5.74) is 11.8. The lowest BCUT2D eigenvalue weighted by molar-refractivity contribution is 0.666. The molecule has 234 valence electrons. The minimum atomic E-state index is 0.344. The SMILES string of the molecule is C=C(/C=C\C=C/CC)/C(=C/C(=C\C(=C)c1ccccn1)c1cccc(/C(=C(/CCC)c2ccccc2)C(C)CC)c1)C(C)CC. The molecule has 0 saturated carbocycles. The smallest absolute Gasteiger partial charge is 0.0696 e. The van der Waals surface area contributed by atoms with E-state index < -0.39 is 0 Å². The first-order valence-corrected chi connectivity index (χ1v) is 16.8. The average Bonchev–Trinajstić information content (AvgIpc) is 3.08. The highest BCUT2D eigenvalue weighted by Gasteiger charge is 2.18. The topological polar surface area (TPSA) is 12.9 Å². The van der Waals surface area contributed by atoms with E-state index in [1.165, 1.54) is 27.8 Å². The second kappa shape index (κ2) is 18.5. The van der Waals surface area contributed by atoms with E-state index in [4.69, 9.17) is 0 Å². The van der Waals surface area contributed by atoms with E-state index in [1.807, 2.05) is 24.4 Å². The van der Waals surface area contributed by atoms with Crippen LogP contribution in [0.1, 0.15) is 96.0 Å². The molecule has 0 spiro atoms. The molecule has 0 aliphatic rings. The van der Waals surface area contributed by atoms with Crippen LogP contribution in [-0.4, -0.2) is 4.98 Å². The van der Waals surface area contributed by atoms with Crippen molar-refractivity contribution < 1.29 is 0 Å². The Bertz CT molecular complexity index is 1540. The zero-order chi connectivity index (χ0) is 32.6. The number of hydrogen-bond donors (Lipinski definition) is 0. The Balaban J connectivity index is 2.28. The van der Waals surface area contributed by atoms with Crippen molar-refractivity contribution in [2.45, 2.75) is 73.6 Å². The van der Waals surface area contributed by atoms with Gasteiger partial charge in [-0.05, 0) is 112 Å². The zero-order valence-corrected chi connectivity index (χ0v) is 28.5. The predicted molar refractivity (Wildman–Crippen MR) is 201 cm³/mol. The summed E-state index contributed by atoms with van der Waals surface area (Å²) in [6.07, 6.45) is 20.1. The number of pyridine rings is 1. The van der Waals surface area contributed by atoms with E-state index in [1.54, 1.807) is 0 Å². The Morgan fingerprint density at radius 3 is 2.09 bits per heavy atom. The molecule has 0 amide bonds. The molecule has 1 aromatic heterocycles. The fourth-order valence-corrected chi connectivity index (χ4v) is 5.59. The van der Waals surface area contributed by atoms with E-state index in [9.17, 15) is 0 Å². The Morgan fingerprint density at radius 1 is 0.756 bits per heavy atom. The van der Waals surface area contributed by atoms with Crippen molar-refractivity contribution >= 4 is 22.3 Å². The van der Waals surface area contributed by atoms with Gasteiger partial charge >= 0.3 is 0 Å². The summed E-state index contributed by atoms with van der Waals surface area (Å²) in [5.74, 6) is 0.766. The van der Waals surface area contributed by atoms with Crippen molar-refractivity contribution in [2.75, 3.05) is 0 Å². The third-order valence-corrected chi connectivity index (χ3v) is 8.49. The fraction of sp³-hybridized carbons (Fsp3) is 0.295. The summed E-state index contributed by atoms with van der Waals surface area (Å²) in [5, 5.41) is 0. The Kier molecular flexibility index (Phi) is 14.5. The molecule has 0 bridgehead atoms. The monoisotopic (exact) mass is 595 g/mol. The van der Waals surface area contributed by atoms with E-state index >= 15 is 0 Å². The Hall–Kier alpha value is -4.23.